The van der Waals surface area contributed by atoms with E-state index in [1.807, 2.05) is 42.5 Å². The van der Waals surface area contributed by atoms with E-state index in [1.54, 1.807) is 19.2 Å². The zero-order chi connectivity index (χ0) is 24.7. The first-order valence-corrected chi connectivity index (χ1v) is 11.0. The van der Waals surface area contributed by atoms with Gasteiger partial charge >= 0.3 is 0 Å². The minimum absolute atomic E-state index is 0.0883. The number of nitrogens with zero attached hydrogens (tertiary/aromatic N) is 3. The molecule has 1 N–H and O–H groups in total. The van der Waals surface area contributed by atoms with Crippen molar-refractivity contribution in [3.63, 3.8) is 0 Å². The highest BCUT2D eigenvalue weighted by atomic mass is 19.1. The smallest absolute Gasteiger partial charge is 0.146 e. The zero-order valence-electron chi connectivity index (χ0n) is 19.1. The van der Waals surface area contributed by atoms with Gasteiger partial charge in [0.1, 0.15) is 48.0 Å². The molecule has 0 fully saturated rings. The van der Waals surface area contributed by atoms with Crippen molar-refractivity contribution >= 4 is 6.08 Å². The van der Waals surface area contributed by atoms with Crippen molar-refractivity contribution in [1.82, 2.24) is 14.8 Å². The van der Waals surface area contributed by atoms with Gasteiger partial charge in [0.25, 0.3) is 0 Å². The Morgan fingerprint density at radius 2 is 1.74 bits per heavy atom. The van der Waals surface area contributed by atoms with Gasteiger partial charge in [-0.05, 0) is 47.9 Å². The minimum Gasteiger partial charge on any atom is -0.497 e. The number of allylic oxidation sites excluding steroid dienone is 1. The van der Waals surface area contributed by atoms with Crippen molar-refractivity contribution in [2.24, 2.45) is 0 Å². The van der Waals surface area contributed by atoms with Gasteiger partial charge in [0.15, 0.2) is 0 Å². The van der Waals surface area contributed by atoms with Gasteiger partial charge in [-0.15, -0.1) is 0 Å². The second-order valence-corrected chi connectivity index (χ2v) is 8.06. The molecule has 0 saturated heterocycles. The van der Waals surface area contributed by atoms with Crippen LogP contribution in [0, 0.1) is 11.6 Å². The topological polar surface area (TPSA) is 69.4 Å². The van der Waals surface area contributed by atoms with Crippen LogP contribution in [0.2, 0.25) is 0 Å². The second-order valence-electron chi connectivity index (χ2n) is 8.06. The summed E-state index contributed by atoms with van der Waals surface area (Å²) in [7, 11) is 1.64. The van der Waals surface area contributed by atoms with E-state index >= 15 is 0 Å². The lowest BCUT2D eigenvalue weighted by Gasteiger charge is -2.29. The quantitative estimate of drug-likeness (QED) is 0.356. The highest BCUT2D eigenvalue weighted by Gasteiger charge is 2.34. The molecule has 0 aliphatic rings. The van der Waals surface area contributed by atoms with Gasteiger partial charge < -0.3 is 14.6 Å². The third kappa shape index (κ3) is 6.30. The van der Waals surface area contributed by atoms with Gasteiger partial charge in [0, 0.05) is 11.6 Å². The van der Waals surface area contributed by atoms with Gasteiger partial charge in [-0.1, -0.05) is 42.5 Å². The molecule has 1 aromatic heterocycles. The SMILES string of the molecule is COc1ccc(C=CCc2ccc(OCC(O)(Cn3cncn3)c3ccc(F)cc3F)cc2)cc1. The fourth-order valence-corrected chi connectivity index (χ4v) is 3.63. The fourth-order valence-electron chi connectivity index (χ4n) is 3.63. The summed E-state index contributed by atoms with van der Waals surface area (Å²) < 4.78 is 40.3. The number of aromatic nitrogens is 3. The molecule has 1 atom stereocenters. The summed E-state index contributed by atoms with van der Waals surface area (Å²) in [5.74, 6) is -0.275. The third-order valence-electron chi connectivity index (χ3n) is 5.50. The number of hydrogen-bond donors (Lipinski definition) is 1. The summed E-state index contributed by atoms with van der Waals surface area (Å²) in [6, 6.07) is 18.2. The average Bonchev–Trinajstić information content (AvgIpc) is 3.36. The van der Waals surface area contributed by atoms with Crippen LogP contribution in [0.4, 0.5) is 8.78 Å². The molecule has 3 aromatic carbocycles. The summed E-state index contributed by atoms with van der Waals surface area (Å²) in [6.45, 7) is -0.393. The summed E-state index contributed by atoms with van der Waals surface area (Å²) in [4.78, 5) is 3.85. The molecule has 0 radical (unpaired) electrons. The fraction of sp³-hybridized carbons (Fsp3) is 0.185. The van der Waals surface area contributed by atoms with Crippen LogP contribution in [0.25, 0.3) is 6.08 Å². The molecular formula is C27H25F2N3O3. The van der Waals surface area contributed by atoms with Crippen LogP contribution in [0.15, 0.2) is 85.5 Å². The van der Waals surface area contributed by atoms with Crippen molar-refractivity contribution in [3.8, 4) is 11.5 Å². The van der Waals surface area contributed by atoms with Crippen LogP contribution in [0.5, 0.6) is 11.5 Å². The Morgan fingerprint density at radius 1 is 1.00 bits per heavy atom. The number of rotatable bonds is 10. The van der Waals surface area contributed by atoms with Crippen molar-refractivity contribution in [3.05, 3.63) is 114 Å². The number of ether oxygens (including phenoxy) is 2. The highest BCUT2D eigenvalue weighted by molar-refractivity contribution is 5.51. The molecule has 4 rings (SSSR count). The lowest BCUT2D eigenvalue weighted by molar-refractivity contribution is -0.0297. The van der Waals surface area contributed by atoms with Crippen molar-refractivity contribution in [2.75, 3.05) is 13.7 Å². The van der Waals surface area contributed by atoms with E-state index in [0.717, 1.165) is 35.4 Å². The summed E-state index contributed by atoms with van der Waals surface area (Å²) in [6.07, 6.45) is 7.53. The monoisotopic (exact) mass is 477 g/mol. The molecule has 180 valence electrons. The first kappa shape index (κ1) is 24.1. The number of hydrogen-bond acceptors (Lipinski definition) is 5. The Balaban J connectivity index is 1.41. The number of benzene rings is 3. The minimum atomic E-state index is -1.80. The van der Waals surface area contributed by atoms with E-state index in [9.17, 15) is 13.9 Å². The van der Waals surface area contributed by atoms with Crippen LogP contribution < -0.4 is 9.47 Å². The van der Waals surface area contributed by atoms with Crippen molar-refractivity contribution in [2.45, 2.75) is 18.6 Å². The highest BCUT2D eigenvalue weighted by Crippen LogP contribution is 2.28. The maximum absolute atomic E-state index is 14.5. The van der Waals surface area contributed by atoms with E-state index < -0.39 is 17.2 Å². The summed E-state index contributed by atoms with van der Waals surface area (Å²) >= 11 is 0. The first-order valence-electron chi connectivity index (χ1n) is 11.0. The van der Waals surface area contributed by atoms with Crippen molar-refractivity contribution < 1.29 is 23.4 Å². The molecule has 1 heterocycles. The summed E-state index contributed by atoms with van der Waals surface area (Å²) in [5, 5.41) is 15.3. The average molecular weight is 478 g/mol. The molecule has 0 bridgehead atoms. The molecule has 0 spiro atoms. The Kier molecular flexibility index (Phi) is 7.52. The molecule has 1 unspecified atom stereocenters. The lowest BCUT2D eigenvalue weighted by atomic mass is 9.94. The van der Waals surface area contributed by atoms with Gasteiger partial charge in [-0.2, -0.15) is 5.10 Å². The first-order chi connectivity index (χ1) is 16.9. The molecule has 4 aromatic rings. The molecule has 6 nitrogen and oxygen atoms in total. The normalized spacial score (nSPS) is 13.0. The van der Waals surface area contributed by atoms with Gasteiger partial charge in [0.2, 0.25) is 0 Å². The van der Waals surface area contributed by atoms with E-state index in [2.05, 4.69) is 16.2 Å². The van der Waals surface area contributed by atoms with E-state index in [4.69, 9.17) is 9.47 Å². The van der Waals surface area contributed by atoms with Crippen LogP contribution in [-0.2, 0) is 18.6 Å². The van der Waals surface area contributed by atoms with Gasteiger partial charge in [-0.25, -0.2) is 18.4 Å². The molecule has 0 aliphatic heterocycles. The van der Waals surface area contributed by atoms with Crippen LogP contribution >= 0.6 is 0 Å². The van der Waals surface area contributed by atoms with Gasteiger partial charge in [-0.3, -0.25) is 0 Å². The maximum Gasteiger partial charge on any atom is 0.146 e. The maximum atomic E-state index is 14.5. The predicted octanol–water partition coefficient (Wildman–Crippen LogP) is 4.79. The second kappa shape index (κ2) is 10.9. The van der Waals surface area contributed by atoms with Crippen LogP contribution in [0.1, 0.15) is 16.7 Å². The molecule has 8 heteroatoms. The third-order valence-corrected chi connectivity index (χ3v) is 5.50. The largest absolute Gasteiger partial charge is 0.497 e. The standard InChI is InChI=1S/C27H25F2N3O3/c1-34-23-10-5-20(6-11-23)3-2-4-21-7-12-24(13-8-21)35-17-27(33,16-32-19-30-18-31-32)25-14-9-22(28)15-26(25)29/h2-3,5-15,18-19,33H,4,16-17H2,1H3. The van der Waals surface area contributed by atoms with E-state index in [-0.39, 0.29) is 18.7 Å². The lowest BCUT2D eigenvalue weighted by Crippen LogP contribution is -2.39. The molecule has 0 aliphatic carbocycles. The molecular weight excluding hydrogens is 452 g/mol. The Hall–Kier alpha value is -4.04. The zero-order valence-corrected chi connectivity index (χ0v) is 19.1. The van der Waals surface area contributed by atoms with Gasteiger partial charge in [0.05, 0.1) is 13.7 Å². The number of halogens is 2. The Morgan fingerprint density at radius 3 is 2.40 bits per heavy atom. The van der Waals surface area contributed by atoms with Crippen LogP contribution in [0.3, 0.4) is 0 Å². The van der Waals surface area contributed by atoms with E-state index in [1.165, 1.54) is 23.4 Å². The summed E-state index contributed by atoms with van der Waals surface area (Å²) in [5.41, 5.74) is 0.260. The Labute approximate surface area is 202 Å². The molecule has 35 heavy (non-hydrogen) atoms. The molecule has 0 saturated carbocycles. The van der Waals surface area contributed by atoms with Crippen LogP contribution in [-0.4, -0.2) is 33.6 Å². The number of methoxy groups -OCH3 is 1. The Bertz CT molecular complexity index is 1260. The van der Waals surface area contributed by atoms with Crippen molar-refractivity contribution in [1.29, 1.82) is 0 Å². The molecule has 0 amide bonds. The number of aliphatic hydroxyl groups is 1. The predicted molar refractivity (Wildman–Crippen MR) is 128 cm³/mol. The van der Waals surface area contributed by atoms with E-state index in [0.29, 0.717) is 5.75 Å².